The second-order valence-electron chi connectivity index (χ2n) is 7.74. The van der Waals surface area contributed by atoms with Gasteiger partial charge < -0.3 is 20.1 Å². The fourth-order valence-corrected chi connectivity index (χ4v) is 3.67. The van der Waals surface area contributed by atoms with Crippen LogP contribution in [0.5, 0.6) is 5.75 Å². The Bertz CT molecular complexity index is 1350. The van der Waals surface area contributed by atoms with Crippen molar-refractivity contribution in [2.24, 2.45) is 0 Å². The minimum atomic E-state index is -0.854. The molecule has 0 radical (unpaired) electrons. The van der Waals surface area contributed by atoms with E-state index in [0.717, 1.165) is 21.1 Å². The lowest BCUT2D eigenvalue weighted by Crippen LogP contribution is -2.42. The van der Waals surface area contributed by atoms with E-state index in [-0.39, 0.29) is 49.1 Å². The Kier molecular flexibility index (Phi) is 8.57. The second kappa shape index (κ2) is 11.8. The molecule has 190 valence electrons. The zero-order valence-corrected chi connectivity index (χ0v) is 19.9. The first-order valence-electron chi connectivity index (χ1n) is 11.2. The second-order valence-corrected chi connectivity index (χ2v) is 7.74. The maximum atomic E-state index is 13.6. The lowest BCUT2D eigenvalue weighted by Gasteiger charge is -2.24. The molecule has 3 aromatic rings. The van der Waals surface area contributed by atoms with E-state index in [1.54, 1.807) is 31.2 Å². The zero-order valence-electron chi connectivity index (χ0n) is 19.9. The molecule has 1 heterocycles. The molecule has 0 fully saturated rings. The van der Waals surface area contributed by atoms with E-state index in [4.69, 9.17) is 15.2 Å². The number of nitro benzene ring substituents is 1. The molecule has 0 bridgehead atoms. The Hall–Kier alpha value is -4.45. The minimum Gasteiger partial charge on any atom is -0.487 e. The van der Waals surface area contributed by atoms with Gasteiger partial charge in [-0.25, -0.2) is 4.79 Å². The van der Waals surface area contributed by atoms with Crippen LogP contribution in [-0.4, -0.2) is 47.2 Å². The van der Waals surface area contributed by atoms with E-state index in [1.165, 1.54) is 19.2 Å². The predicted molar refractivity (Wildman–Crippen MR) is 134 cm³/mol. The molecule has 1 aromatic heterocycles. The van der Waals surface area contributed by atoms with Gasteiger partial charge in [-0.15, -0.1) is 0 Å². The maximum Gasteiger partial charge on any atom is 0.330 e. The molecule has 0 saturated heterocycles. The average molecular weight is 498 g/mol. The number of carbonyl (C=O) groups is 1. The molecular weight excluding hydrogens is 470 g/mol. The summed E-state index contributed by atoms with van der Waals surface area (Å²) < 4.78 is 11.5. The van der Waals surface area contributed by atoms with Crippen LogP contribution < -0.4 is 26.6 Å². The fourth-order valence-electron chi connectivity index (χ4n) is 3.67. The standard InChI is InChI=1S/C24H27N5O7/c1-3-36-19-11-10-17(14-18(19)29(33)34)23(31)27(12-7-13-35-2)20-21(25)28(24(32)26-22(20)30)15-16-8-5-4-6-9-16/h4-6,8-11,14H,3,7,12-13,15,25H2,1-2H3,(H,26,30,32). The number of anilines is 2. The molecule has 0 aliphatic heterocycles. The summed E-state index contributed by atoms with van der Waals surface area (Å²) in [5, 5.41) is 11.6. The number of aromatic amines is 1. The Labute approximate surface area is 206 Å². The number of ether oxygens (including phenoxy) is 2. The van der Waals surface area contributed by atoms with Gasteiger partial charge in [0.1, 0.15) is 5.82 Å². The van der Waals surface area contributed by atoms with Crippen LogP contribution in [0, 0.1) is 10.1 Å². The minimum absolute atomic E-state index is 0.00447. The van der Waals surface area contributed by atoms with Crippen molar-refractivity contribution in [2.75, 3.05) is 37.5 Å². The summed E-state index contributed by atoms with van der Waals surface area (Å²) in [6, 6.07) is 12.8. The van der Waals surface area contributed by atoms with Crippen molar-refractivity contribution < 1.29 is 19.2 Å². The first-order valence-corrected chi connectivity index (χ1v) is 11.2. The number of benzene rings is 2. The number of methoxy groups -OCH3 is 1. The lowest BCUT2D eigenvalue weighted by molar-refractivity contribution is -0.385. The molecule has 0 aliphatic rings. The third kappa shape index (κ3) is 5.78. The molecule has 12 nitrogen and oxygen atoms in total. The van der Waals surface area contributed by atoms with Crippen molar-refractivity contribution in [3.05, 3.63) is 90.6 Å². The topological polar surface area (TPSA) is 163 Å². The summed E-state index contributed by atoms with van der Waals surface area (Å²) in [7, 11) is 1.49. The quantitative estimate of drug-likeness (QED) is 0.231. The highest BCUT2D eigenvalue weighted by Crippen LogP contribution is 2.29. The van der Waals surface area contributed by atoms with E-state index in [2.05, 4.69) is 4.98 Å². The molecule has 2 aromatic carbocycles. The van der Waals surface area contributed by atoms with Gasteiger partial charge in [0.25, 0.3) is 11.5 Å². The van der Waals surface area contributed by atoms with Crippen molar-refractivity contribution in [3.63, 3.8) is 0 Å². The van der Waals surface area contributed by atoms with Crippen molar-refractivity contribution in [1.29, 1.82) is 0 Å². The number of nitrogens with one attached hydrogen (secondary N) is 1. The average Bonchev–Trinajstić information content (AvgIpc) is 2.86. The fraction of sp³-hybridized carbons (Fsp3) is 0.292. The molecule has 36 heavy (non-hydrogen) atoms. The van der Waals surface area contributed by atoms with Crippen LogP contribution in [-0.2, 0) is 11.3 Å². The number of rotatable bonds is 11. The van der Waals surface area contributed by atoms with Crippen LogP contribution >= 0.6 is 0 Å². The Morgan fingerprint density at radius 2 is 1.92 bits per heavy atom. The summed E-state index contributed by atoms with van der Waals surface area (Å²) in [4.78, 5) is 53.3. The van der Waals surface area contributed by atoms with Crippen molar-refractivity contribution in [1.82, 2.24) is 9.55 Å². The van der Waals surface area contributed by atoms with Gasteiger partial charge in [-0.1, -0.05) is 30.3 Å². The number of H-pyrrole nitrogens is 1. The van der Waals surface area contributed by atoms with Crippen molar-refractivity contribution in [2.45, 2.75) is 19.9 Å². The van der Waals surface area contributed by atoms with Crippen LogP contribution in [0.4, 0.5) is 17.2 Å². The zero-order chi connectivity index (χ0) is 26.2. The molecule has 3 rings (SSSR count). The van der Waals surface area contributed by atoms with E-state index >= 15 is 0 Å². The smallest absolute Gasteiger partial charge is 0.330 e. The highest BCUT2D eigenvalue weighted by atomic mass is 16.6. The van der Waals surface area contributed by atoms with Crippen LogP contribution in [0.25, 0.3) is 0 Å². The van der Waals surface area contributed by atoms with Gasteiger partial charge >= 0.3 is 11.4 Å². The van der Waals surface area contributed by atoms with Gasteiger partial charge in [0.2, 0.25) is 0 Å². The maximum absolute atomic E-state index is 13.6. The lowest BCUT2D eigenvalue weighted by atomic mass is 10.1. The molecule has 12 heteroatoms. The largest absolute Gasteiger partial charge is 0.487 e. The van der Waals surface area contributed by atoms with E-state index in [9.17, 15) is 24.5 Å². The number of nitrogens with two attached hydrogens (primary N) is 1. The van der Waals surface area contributed by atoms with Crippen molar-refractivity contribution >= 4 is 23.1 Å². The highest BCUT2D eigenvalue weighted by Gasteiger charge is 2.27. The Morgan fingerprint density at radius 3 is 2.56 bits per heavy atom. The Balaban J connectivity index is 2.11. The highest BCUT2D eigenvalue weighted by molar-refractivity contribution is 6.07. The molecule has 0 saturated carbocycles. The molecule has 0 spiro atoms. The number of nitro groups is 1. The van der Waals surface area contributed by atoms with Crippen molar-refractivity contribution in [3.8, 4) is 5.75 Å². The molecular formula is C24H27N5O7. The summed E-state index contributed by atoms with van der Waals surface area (Å²) >= 11 is 0. The van der Waals surface area contributed by atoms with Crippen LogP contribution in [0.3, 0.4) is 0 Å². The summed E-state index contributed by atoms with van der Waals surface area (Å²) in [6.45, 7) is 2.22. The van der Waals surface area contributed by atoms with Crippen LogP contribution in [0.2, 0.25) is 0 Å². The number of hydrogen-bond acceptors (Lipinski definition) is 8. The van der Waals surface area contributed by atoms with Gasteiger partial charge in [0.15, 0.2) is 11.4 Å². The summed E-state index contributed by atoms with van der Waals surface area (Å²) in [6.07, 6.45) is 0.331. The number of nitrogen functional groups attached to an aromatic ring is 1. The molecule has 1 amide bonds. The van der Waals surface area contributed by atoms with Gasteiger partial charge in [-0.05, 0) is 31.0 Å². The number of hydrogen-bond donors (Lipinski definition) is 2. The normalized spacial score (nSPS) is 10.7. The first kappa shape index (κ1) is 26.2. The molecule has 3 N–H and O–H groups in total. The molecule has 0 unspecified atom stereocenters. The van der Waals surface area contributed by atoms with Gasteiger partial charge in [0, 0.05) is 31.9 Å². The molecule has 0 aliphatic carbocycles. The molecule has 0 atom stereocenters. The predicted octanol–water partition coefficient (Wildman–Crippen LogP) is 2.16. The number of amides is 1. The number of nitrogens with zero attached hydrogens (tertiary/aromatic N) is 3. The number of aromatic nitrogens is 2. The monoisotopic (exact) mass is 497 g/mol. The van der Waals surface area contributed by atoms with Gasteiger partial charge in [0.05, 0.1) is 18.1 Å². The van der Waals surface area contributed by atoms with Crippen LogP contribution in [0.1, 0.15) is 29.3 Å². The van der Waals surface area contributed by atoms with Gasteiger partial charge in [-0.3, -0.25) is 29.3 Å². The van der Waals surface area contributed by atoms with E-state index in [0.29, 0.717) is 6.42 Å². The first-order chi connectivity index (χ1) is 17.3. The SMILES string of the molecule is CCOc1ccc(C(=O)N(CCCOC)c2c(N)n(Cc3ccccc3)c(=O)[nH]c2=O)cc1[N+](=O)[O-]. The van der Waals surface area contributed by atoms with E-state index < -0.39 is 27.8 Å². The third-order valence-corrected chi connectivity index (χ3v) is 5.35. The Morgan fingerprint density at radius 1 is 1.19 bits per heavy atom. The van der Waals surface area contributed by atoms with Crippen LogP contribution in [0.15, 0.2) is 58.1 Å². The summed E-state index contributed by atoms with van der Waals surface area (Å²) in [5.74, 6) is -0.906. The third-order valence-electron chi connectivity index (χ3n) is 5.35. The van der Waals surface area contributed by atoms with E-state index in [1.807, 2.05) is 6.07 Å². The van der Waals surface area contributed by atoms with Gasteiger partial charge in [-0.2, -0.15) is 0 Å². The number of carbonyl (C=O) groups excluding carboxylic acids is 1. The summed E-state index contributed by atoms with van der Waals surface area (Å²) in [5.41, 5.74) is 4.77.